The van der Waals surface area contributed by atoms with Gasteiger partial charge in [-0.25, -0.2) is 14.4 Å². The van der Waals surface area contributed by atoms with E-state index in [1.807, 2.05) is 0 Å². The van der Waals surface area contributed by atoms with Crippen LogP contribution in [0.1, 0.15) is 13.8 Å². The Balaban J connectivity index is 1.89. The molecule has 32 heavy (non-hydrogen) atoms. The molecule has 0 saturated carbocycles. The molecule has 0 spiro atoms. The zero-order valence-corrected chi connectivity index (χ0v) is 18.4. The van der Waals surface area contributed by atoms with E-state index in [-0.39, 0.29) is 29.1 Å². The summed E-state index contributed by atoms with van der Waals surface area (Å²) >= 11 is 0. The Morgan fingerprint density at radius 3 is 2.50 bits per heavy atom. The monoisotopic (exact) mass is 442 g/mol. The molecule has 0 radical (unpaired) electrons. The number of halogens is 1. The number of phenolic OH excluding ortho intramolecular Hbond substituents is 1. The zero-order valence-electron chi connectivity index (χ0n) is 18.4. The summed E-state index contributed by atoms with van der Waals surface area (Å²) in [5, 5.41) is 28.3. The predicted octanol–water partition coefficient (Wildman–Crippen LogP) is 2.93. The second-order valence-corrected chi connectivity index (χ2v) is 8.45. The highest BCUT2D eigenvalue weighted by Crippen LogP contribution is 2.37. The molecule has 0 amide bonds. The standard InChI is InChI=1S/C23H27FN4O4/c1-23(2,30)15-10-25-11-17(15)27-21-13-8-19(31-3)20(32-4)9-16(13)26-22(28-21)14-7-12(24)5-6-18(14)29/h5-9,15,17,25,29-30H,10-11H2,1-4H3,(H,26,27,28)/t15-,17-/m0/s1. The lowest BCUT2D eigenvalue weighted by molar-refractivity contribution is 0.0219. The van der Waals surface area contributed by atoms with Crippen molar-refractivity contribution in [1.29, 1.82) is 0 Å². The number of fused-ring (bicyclic) bond motifs is 1. The number of aromatic hydroxyl groups is 1. The normalized spacial score (nSPS) is 18.7. The molecular formula is C23H27FN4O4. The van der Waals surface area contributed by atoms with Gasteiger partial charge in [0, 0.05) is 36.5 Å². The van der Waals surface area contributed by atoms with Crippen LogP contribution in [0.5, 0.6) is 17.2 Å². The molecule has 0 unspecified atom stereocenters. The molecule has 1 saturated heterocycles. The minimum absolute atomic E-state index is 0.0707. The van der Waals surface area contributed by atoms with Crippen molar-refractivity contribution in [3.05, 3.63) is 36.1 Å². The second-order valence-electron chi connectivity index (χ2n) is 8.45. The van der Waals surface area contributed by atoms with Crippen LogP contribution in [0.4, 0.5) is 10.2 Å². The van der Waals surface area contributed by atoms with Crippen molar-refractivity contribution >= 4 is 16.7 Å². The Kier molecular flexibility index (Phi) is 5.79. The van der Waals surface area contributed by atoms with Crippen molar-refractivity contribution in [3.8, 4) is 28.6 Å². The van der Waals surface area contributed by atoms with E-state index < -0.39 is 11.4 Å². The molecule has 0 aliphatic carbocycles. The number of methoxy groups -OCH3 is 2. The van der Waals surface area contributed by atoms with Crippen molar-refractivity contribution in [3.63, 3.8) is 0 Å². The van der Waals surface area contributed by atoms with E-state index in [4.69, 9.17) is 9.47 Å². The van der Waals surface area contributed by atoms with Gasteiger partial charge in [0.05, 0.1) is 30.9 Å². The smallest absolute Gasteiger partial charge is 0.165 e. The van der Waals surface area contributed by atoms with E-state index >= 15 is 0 Å². The summed E-state index contributed by atoms with van der Waals surface area (Å²) in [7, 11) is 3.07. The Labute approximate surface area is 185 Å². The SMILES string of the molecule is COc1cc2nc(-c3cc(F)ccc3O)nc(N[C@H]3CNC[C@@H]3C(C)(C)O)c2cc1OC. The molecule has 170 valence electrons. The second kappa shape index (κ2) is 8.40. The molecule has 8 nitrogen and oxygen atoms in total. The van der Waals surface area contributed by atoms with Gasteiger partial charge >= 0.3 is 0 Å². The molecule has 4 rings (SSSR count). The number of aliphatic hydroxyl groups is 1. The van der Waals surface area contributed by atoms with Gasteiger partial charge in [-0.1, -0.05) is 0 Å². The van der Waals surface area contributed by atoms with E-state index in [0.29, 0.717) is 41.3 Å². The minimum atomic E-state index is -0.908. The lowest BCUT2D eigenvalue weighted by Crippen LogP contribution is -2.42. The molecule has 0 bridgehead atoms. The lowest BCUT2D eigenvalue weighted by atomic mass is 9.87. The molecule has 4 N–H and O–H groups in total. The van der Waals surface area contributed by atoms with Crippen LogP contribution in [0, 0.1) is 11.7 Å². The van der Waals surface area contributed by atoms with Gasteiger partial charge in [-0.2, -0.15) is 0 Å². The van der Waals surface area contributed by atoms with Gasteiger partial charge in [0.2, 0.25) is 0 Å². The molecule has 3 aromatic rings. The lowest BCUT2D eigenvalue weighted by Gasteiger charge is -2.31. The quantitative estimate of drug-likeness (QED) is 0.462. The summed E-state index contributed by atoms with van der Waals surface area (Å²) in [5.74, 6) is 0.929. The van der Waals surface area contributed by atoms with Crippen LogP contribution in [0.15, 0.2) is 30.3 Å². The number of phenols is 1. The third kappa shape index (κ3) is 4.13. The van der Waals surface area contributed by atoms with E-state index in [0.717, 1.165) is 0 Å². The number of nitrogens with zero attached hydrogens (tertiary/aromatic N) is 2. The van der Waals surface area contributed by atoms with E-state index in [1.165, 1.54) is 25.3 Å². The largest absolute Gasteiger partial charge is 0.507 e. The summed E-state index contributed by atoms with van der Waals surface area (Å²) < 4.78 is 24.8. The Hall–Kier alpha value is -3.17. The fourth-order valence-electron chi connectivity index (χ4n) is 4.12. The number of benzene rings is 2. The average Bonchev–Trinajstić information content (AvgIpc) is 3.23. The number of nitrogens with one attached hydrogen (secondary N) is 2. The first kappa shape index (κ1) is 22.0. The van der Waals surface area contributed by atoms with Gasteiger partial charge in [-0.05, 0) is 38.1 Å². The Bertz CT molecular complexity index is 1150. The van der Waals surface area contributed by atoms with Crippen molar-refractivity contribution in [1.82, 2.24) is 15.3 Å². The number of anilines is 1. The van der Waals surface area contributed by atoms with Gasteiger partial charge in [0.25, 0.3) is 0 Å². The molecule has 2 aromatic carbocycles. The maximum atomic E-state index is 13.9. The highest BCUT2D eigenvalue weighted by Gasteiger charge is 2.38. The number of ether oxygens (including phenoxy) is 2. The van der Waals surface area contributed by atoms with Crippen LogP contribution in [0.2, 0.25) is 0 Å². The van der Waals surface area contributed by atoms with E-state index in [2.05, 4.69) is 20.6 Å². The van der Waals surface area contributed by atoms with Crippen molar-refractivity contribution in [2.75, 3.05) is 32.6 Å². The summed E-state index contributed by atoms with van der Waals surface area (Å²) in [6, 6.07) is 7.00. The Morgan fingerprint density at radius 2 is 1.81 bits per heavy atom. The Morgan fingerprint density at radius 1 is 1.09 bits per heavy atom. The highest BCUT2D eigenvalue weighted by molar-refractivity contribution is 5.93. The van der Waals surface area contributed by atoms with Crippen LogP contribution in [-0.2, 0) is 0 Å². The topological polar surface area (TPSA) is 109 Å². The maximum absolute atomic E-state index is 13.9. The summed E-state index contributed by atoms with van der Waals surface area (Å²) in [6.45, 7) is 4.84. The molecule has 9 heteroatoms. The number of hydrogen-bond acceptors (Lipinski definition) is 8. The van der Waals surface area contributed by atoms with Crippen molar-refractivity contribution in [2.45, 2.75) is 25.5 Å². The van der Waals surface area contributed by atoms with Crippen LogP contribution in [0.25, 0.3) is 22.3 Å². The third-order valence-corrected chi connectivity index (χ3v) is 5.84. The molecule has 1 aromatic heterocycles. The first-order valence-corrected chi connectivity index (χ1v) is 10.3. The maximum Gasteiger partial charge on any atom is 0.165 e. The molecule has 1 aliphatic rings. The summed E-state index contributed by atoms with van der Waals surface area (Å²) in [4.78, 5) is 9.19. The molecular weight excluding hydrogens is 415 g/mol. The highest BCUT2D eigenvalue weighted by atomic mass is 19.1. The average molecular weight is 442 g/mol. The van der Waals surface area contributed by atoms with Gasteiger partial charge in [-0.15, -0.1) is 0 Å². The fourth-order valence-corrected chi connectivity index (χ4v) is 4.12. The predicted molar refractivity (Wildman–Crippen MR) is 120 cm³/mol. The fraction of sp³-hybridized carbons (Fsp3) is 0.391. The van der Waals surface area contributed by atoms with Crippen LogP contribution >= 0.6 is 0 Å². The summed E-state index contributed by atoms with van der Waals surface area (Å²) in [6.07, 6.45) is 0. The van der Waals surface area contributed by atoms with Crippen LogP contribution in [0.3, 0.4) is 0 Å². The first-order valence-electron chi connectivity index (χ1n) is 10.3. The molecule has 2 heterocycles. The molecule has 1 fully saturated rings. The van der Waals surface area contributed by atoms with Gasteiger partial charge < -0.3 is 30.3 Å². The van der Waals surface area contributed by atoms with Crippen molar-refractivity contribution < 1.29 is 24.1 Å². The first-order chi connectivity index (χ1) is 15.2. The summed E-state index contributed by atoms with van der Waals surface area (Å²) in [5.41, 5.74) is -0.202. The zero-order chi connectivity index (χ0) is 23.0. The number of hydrogen-bond donors (Lipinski definition) is 4. The van der Waals surface area contributed by atoms with Crippen molar-refractivity contribution in [2.24, 2.45) is 5.92 Å². The van der Waals surface area contributed by atoms with Crippen LogP contribution < -0.4 is 20.1 Å². The van der Waals surface area contributed by atoms with Gasteiger partial charge in [-0.3, -0.25) is 0 Å². The van der Waals surface area contributed by atoms with E-state index in [1.54, 1.807) is 33.1 Å². The molecule has 1 aliphatic heterocycles. The van der Waals surface area contributed by atoms with Gasteiger partial charge in [0.15, 0.2) is 17.3 Å². The van der Waals surface area contributed by atoms with Crippen LogP contribution in [-0.4, -0.2) is 59.1 Å². The van der Waals surface area contributed by atoms with E-state index in [9.17, 15) is 14.6 Å². The third-order valence-electron chi connectivity index (χ3n) is 5.84. The van der Waals surface area contributed by atoms with Gasteiger partial charge in [0.1, 0.15) is 17.4 Å². The number of aromatic nitrogens is 2. The minimum Gasteiger partial charge on any atom is -0.507 e. The number of rotatable bonds is 6. The molecule has 2 atom stereocenters.